The van der Waals surface area contributed by atoms with Crippen molar-refractivity contribution in [3.63, 3.8) is 0 Å². The molecule has 2 fully saturated rings. The van der Waals surface area contributed by atoms with Gasteiger partial charge in [0.05, 0.1) is 17.1 Å². The second-order valence-corrected chi connectivity index (χ2v) is 7.93. The highest BCUT2D eigenvalue weighted by Crippen LogP contribution is 2.41. The van der Waals surface area contributed by atoms with E-state index < -0.39 is 5.60 Å². The summed E-state index contributed by atoms with van der Waals surface area (Å²) >= 11 is 0. The van der Waals surface area contributed by atoms with E-state index >= 15 is 0 Å². The van der Waals surface area contributed by atoms with Crippen molar-refractivity contribution < 1.29 is 5.11 Å². The number of hydrogen-bond donors (Lipinski definition) is 1. The molecule has 0 aromatic heterocycles. The SMILES string of the molecule is CC.CC(C)(O)C1CCN(C2CCC(C#N)(c3ccccc3)CC2)C1. The first-order chi connectivity index (χ1) is 11.9. The van der Waals surface area contributed by atoms with Crippen LogP contribution in [-0.4, -0.2) is 34.7 Å². The van der Waals surface area contributed by atoms with Crippen LogP contribution in [0.25, 0.3) is 0 Å². The summed E-state index contributed by atoms with van der Waals surface area (Å²) in [5.41, 5.74) is 0.300. The van der Waals surface area contributed by atoms with Gasteiger partial charge in [0.2, 0.25) is 0 Å². The van der Waals surface area contributed by atoms with Gasteiger partial charge in [0.15, 0.2) is 0 Å². The second-order valence-electron chi connectivity index (χ2n) is 7.93. The average Bonchev–Trinajstić information content (AvgIpc) is 3.15. The van der Waals surface area contributed by atoms with Gasteiger partial charge in [-0.3, -0.25) is 4.90 Å². The zero-order chi connectivity index (χ0) is 18.5. The lowest BCUT2D eigenvalue weighted by Gasteiger charge is -2.39. The molecule has 1 unspecified atom stereocenters. The molecule has 138 valence electrons. The van der Waals surface area contributed by atoms with E-state index in [-0.39, 0.29) is 5.41 Å². The Morgan fingerprint density at radius 2 is 1.72 bits per heavy atom. The van der Waals surface area contributed by atoms with Crippen LogP contribution in [0.3, 0.4) is 0 Å². The molecule has 1 saturated heterocycles. The molecular formula is C22H34N2O. The van der Waals surface area contributed by atoms with Crippen molar-refractivity contribution in [1.82, 2.24) is 4.90 Å². The van der Waals surface area contributed by atoms with E-state index in [0.717, 1.165) is 45.2 Å². The summed E-state index contributed by atoms with van der Waals surface area (Å²) in [7, 11) is 0. The first-order valence-electron chi connectivity index (χ1n) is 9.88. The lowest BCUT2D eigenvalue weighted by molar-refractivity contribution is 0.0176. The lowest BCUT2D eigenvalue weighted by atomic mass is 9.69. The molecule has 1 atom stereocenters. The van der Waals surface area contributed by atoms with Crippen molar-refractivity contribution in [3.8, 4) is 6.07 Å². The molecule has 3 heteroatoms. The number of benzene rings is 1. The number of aliphatic hydroxyl groups is 1. The number of likely N-dealkylation sites (tertiary alicyclic amines) is 1. The lowest BCUT2D eigenvalue weighted by Crippen LogP contribution is -2.42. The third-order valence-electron chi connectivity index (χ3n) is 6.08. The van der Waals surface area contributed by atoms with Crippen LogP contribution in [-0.2, 0) is 5.41 Å². The largest absolute Gasteiger partial charge is 0.390 e. The first kappa shape index (κ1) is 19.9. The Kier molecular flexibility index (Phi) is 6.65. The van der Waals surface area contributed by atoms with Crippen LogP contribution in [0.1, 0.15) is 65.4 Å². The zero-order valence-corrected chi connectivity index (χ0v) is 16.3. The molecule has 1 aromatic rings. The number of rotatable bonds is 3. The van der Waals surface area contributed by atoms with E-state index in [2.05, 4.69) is 23.1 Å². The van der Waals surface area contributed by atoms with Gasteiger partial charge in [0.25, 0.3) is 0 Å². The third-order valence-corrected chi connectivity index (χ3v) is 6.08. The van der Waals surface area contributed by atoms with Crippen molar-refractivity contribution in [2.75, 3.05) is 13.1 Å². The van der Waals surface area contributed by atoms with Crippen LogP contribution in [0, 0.1) is 17.2 Å². The molecule has 0 spiro atoms. The minimum atomic E-state index is -0.579. The van der Waals surface area contributed by atoms with Gasteiger partial charge in [-0.15, -0.1) is 0 Å². The van der Waals surface area contributed by atoms with Gasteiger partial charge in [-0.25, -0.2) is 0 Å². The van der Waals surface area contributed by atoms with Crippen LogP contribution < -0.4 is 0 Å². The molecule has 1 aromatic carbocycles. The van der Waals surface area contributed by atoms with Crippen molar-refractivity contribution >= 4 is 0 Å². The van der Waals surface area contributed by atoms with Crippen LogP contribution in [0.15, 0.2) is 30.3 Å². The highest BCUT2D eigenvalue weighted by Gasteiger charge is 2.41. The smallest absolute Gasteiger partial charge is 0.0823 e. The Morgan fingerprint density at radius 1 is 1.12 bits per heavy atom. The summed E-state index contributed by atoms with van der Waals surface area (Å²) in [6.07, 6.45) is 5.15. The number of hydrogen-bond acceptors (Lipinski definition) is 3. The Balaban J connectivity index is 0.00000109. The van der Waals surface area contributed by atoms with Crippen molar-refractivity contribution in [1.29, 1.82) is 5.26 Å². The third kappa shape index (κ3) is 4.43. The minimum absolute atomic E-state index is 0.298. The molecule has 1 heterocycles. The number of nitrogens with zero attached hydrogens (tertiary/aromatic N) is 2. The standard InChI is InChI=1S/C20H28N2O.C2H6/c1-19(2,23)17-10-13-22(14-17)18-8-11-20(15-21,12-9-18)16-6-4-3-5-7-16;1-2/h3-7,17-18,23H,8-14H2,1-2H3;1-2H3. The summed E-state index contributed by atoms with van der Waals surface area (Å²) in [6, 6.07) is 13.5. The number of nitriles is 1. The maximum atomic E-state index is 10.2. The molecule has 25 heavy (non-hydrogen) atoms. The molecule has 1 N–H and O–H groups in total. The molecule has 1 aliphatic heterocycles. The van der Waals surface area contributed by atoms with Gasteiger partial charge >= 0.3 is 0 Å². The zero-order valence-electron chi connectivity index (χ0n) is 16.3. The Bertz CT molecular complexity index is 562. The predicted molar refractivity (Wildman–Crippen MR) is 103 cm³/mol. The van der Waals surface area contributed by atoms with Crippen molar-refractivity contribution in [2.45, 2.75) is 76.9 Å². The van der Waals surface area contributed by atoms with E-state index in [1.807, 2.05) is 45.9 Å². The molecule has 3 rings (SSSR count). The van der Waals surface area contributed by atoms with Crippen molar-refractivity contribution in [3.05, 3.63) is 35.9 Å². The summed E-state index contributed by atoms with van der Waals surface area (Å²) in [5.74, 6) is 0.374. The quantitative estimate of drug-likeness (QED) is 0.879. The normalized spacial score (nSPS) is 30.2. The molecule has 1 saturated carbocycles. The highest BCUT2D eigenvalue weighted by molar-refractivity contribution is 5.33. The molecule has 3 nitrogen and oxygen atoms in total. The maximum absolute atomic E-state index is 10.2. The maximum Gasteiger partial charge on any atom is 0.0823 e. The van der Waals surface area contributed by atoms with Crippen LogP contribution in [0.5, 0.6) is 0 Å². The monoisotopic (exact) mass is 342 g/mol. The van der Waals surface area contributed by atoms with E-state index in [1.54, 1.807) is 0 Å². The van der Waals surface area contributed by atoms with E-state index in [0.29, 0.717) is 12.0 Å². The van der Waals surface area contributed by atoms with Gasteiger partial charge in [0, 0.05) is 18.5 Å². The molecule has 0 amide bonds. The van der Waals surface area contributed by atoms with Crippen LogP contribution in [0.2, 0.25) is 0 Å². The Morgan fingerprint density at radius 3 is 2.20 bits per heavy atom. The van der Waals surface area contributed by atoms with Crippen LogP contribution >= 0.6 is 0 Å². The van der Waals surface area contributed by atoms with Gasteiger partial charge < -0.3 is 5.11 Å². The highest BCUT2D eigenvalue weighted by atomic mass is 16.3. The van der Waals surface area contributed by atoms with E-state index in [1.165, 1.54) is 5.56 Å². The fourth-order valence-electron chi connectivity index (χ4n) is 4.38. The van der Waals surface area contributed by atoms with Gasteiger partial charge in [-0.05, 0) is 58.1 Å². The molecule has 2 aliphatic rings. The van der Waals surface area contributed by atoms with E-state index in [4.69, 9.17) is 0 Å². The van der Waals surface area contributed by atoms with Crippen LogP contribution in [0.4, 0.5) is 0 Å². The van der Waals surface area contributed by atoms with Gasteiger partial charge in [-0.1, -0.05) is 44.2 Å². The van der Waals surface area contributed by atoms with Gasteiger partial charge in [0.1, 0.15) is 0 Å². The second kappa shape index (κ2) is 8.34. The minimum Gasteiger partial charge on any atom is -0.390 e. The topological polar surface area (TPSA) is 47.3 Å². The molecular weight excluding hydrogens is 308 g/mol. The fourth-order valence-corrected chi connectivity index (χ4v) is 4.38. The average molecular weight is 343 g/mol. The van der Waals surface area contributed by atoms with E-state index in [9.17, 15) is 10.4 Å². The summed E-state index contributed by atoms with van der Waals surface area (Å²) in [4.78, 5) is 2.55. The Labute approximate surface area is 153 Å². The molecule has 0 bridgehead atoms. The molecule has 0 radical (unpaired) electrons. The Hall–Kier alpha value is -1.37. The summed E-state index contributed by atoms with van der Waals surface area (Å²) in [6.45, 7) is 9.94. The predicted octanol–water partition coefficient (Wildman–Crippen LogP) is 4.51. The molecule has 1 aliphatic carbocycles. The van der Waals surface area contributed by atoms with Gasteiger partial charge in [-0.2, -0.15) is 5.26 Å². The first-order valence-corrected chi connectivity index (χ1v) is 9.88. The summed E-state index contributed by atoms with van der Waals surface area (Å²) in [5, 5.41) is 20.0. The van der Waals surface area contributed by atoms with Crippen molar-refractivity contribution in [2.24, 2.45) is 5.92 Å². The fraction of sp³-hybridized carbons (Fsp3) is 0.682. The summed E-state index contributed by atoms with van der Waals surface area (Å²) < 4.78 is 0.